The predicted molar refractivity (Wildman–Crippen MR) is 51.0 cm³/mol. The quantitative estimate of drug-likeness (QED) is 0.738. The number of ether oxygens (including phenoxy) is 1. The highest BCUT2D eigenvalue weighted by molar-refractivity contribution is 7.18. The van der Waals surface area contributed by atoms with Crippen LogP contribution in [0.3, 0.4) is 0 Å². The van der Waals surface area contributed by atoms with E-state index in [0.717, 1.165) is 10.2 Å². The molecule has 0 aliphatic carbocycles. The fourth-order valence-electron chi connectivity index (χ4n) is 1.19. The number of fused-ring (bicyclic) bond motifs is 1. The van der Waals surface area contributed by atoms with Crippen LogP contribution in [0.4, 0.5) is 4.39 Å². The summed E-state index contributed by atoms with van der Waals surface area (Å²) in [5.74, 6) is 0.702. The Morgan fingerprint density at radius 1 is 1.54 bits per heavy atom. The second-order valence-electron chi connectivity index (χ2n) is 2.55. The Morgan fingerprint density at radius 3 is 3.08 bits per heavy atom. The molecule has 2 nitrogen and oxygen atoms in total. The minimum absolute atomic E-state index is 0.500. The number of nitrogens with zero attached hydrogens (tertiary/aromatic N) is 1. The van der Waals surface area contributed by atoms with Crippen LogP contribution in [0.2, 0.25) is 0 Å². The number of benzene rings is 1. The van der Waals surface area contributed by atoms with Gasteiger partial charge in [-0.25, -0.2) is 9.37 Å². The summed E-state index contributed by atoms with van der Waals surface area (Å²) in [6.07, 6.45) is 0. The molecule has 0 radical (unpaired) electrons. The summed E-state index contributed by atoms with van der Waals surface area (Å²) in [7, 11) is 1.59. The summed E-state index contributed by atoms with van der Waals surface area (Å²) in [5.41, 5.74) is 0.752. The summed E-state index contributed by atoms with van der Waals surface area (Å²) in [5, 5.41) is 0.500. The van der Waals surface area contributed by atoms with Crippen molar-refractivity contribution in [3.8, 4) is 5.75 Å². The minimum Gasteiger partial charge on any atom is -0.494 e. The highest BCUT2D eigenvalue weighted by Crippen LogP contribution is 2.29. The molecule has 0 aliphatic rings. The van der Waals surface area contributed by atoms with Gasteiger partial charge in [-0.2, -0.15) is 0 Å². The lowest BCUT2D eigenvalue weighted by Crippen LogP contribution is -1.83. The van der Waals surface area contributed by atoms with Crippen molar-refractivity contribution in [2.75, 3.05) is 7.11 Å². The van der Waals surface area contributed by atoms with Gasteiger partial charge in [0.05, 0.1) is 11.8 Å². The molecule has 0 spiro atoms. The van der Waals surface area contributed by atoms with Crippen LogP contribution in [-0.4, -0.2) is 12.1 Å². The van der Waals surface area contributed by atoms with Gasteiger partial charge >= 0.3 is 0 Å². The molecule has 0 saturated carbocycles. The number of para-hydroxylation sites is 1. The molecular weight excluding hydrogens is 189 g/mol. The van der Waals surface area contributed by atoms with E-state index in [1.807, 2.05) is 18.2 Å². The third-order valence-corrected chi connectivity index (χ3v) is 2.75. The molecule has 2 rings (SSSR count). The number of aromatic nitrogens is 1. The average Bonchev–Trinajstić information content (AvgIpc) is 2.59. The van der Waals surface area contributed by atoms with E-state index in [9.17, 15) is 4.39 Å². The number of hydrogen-bond donors (Lipinski definition) is 0. The van der Waals surface area contributed by atoms with Crippen molar-refractivity contribution in [1.82, 2.24) is 4.98 Å². The number of hydrogen-bond acceptors (Lipinski definition) is 3. The second-order valence-corrected chi connectivity index (χ2v) is 3.66. The van der Waals surface area contributed by atoms with Crippen molar-refractivity contribution in [1.29, 1.82) is 0 Å². The summed E-state index contributed by atoms with van der Waals surface area (Å²) in [6.45, 7) is -0.511. The van der Waals surface area contributed by atoms with Gasteiger partial charge in [0.25, 0.3) is 0 Å². The van der Waals surface area contributed by atoms with E-state index < -0.39 is 6.67 Å². The van der Waals surface area contributed by atoms with Gasteiger partial charge in [0, 0.05) is 0 Å². The van der Waals surface area contributed by atoms with Gasteiger partial charge in [0.15, 0.2) is 0 Å². The van der Waals surface area contributed by atoms with E-state index in [1.165, 1.54) is 11.3 Å². The van der Waals surface area contributed by atoms with Crippen molar-refractivity contribution < 1.29 is 9.13 Å². The Balaban J connectivity index is 2.67. The molecule has 0 fully saturated rings. The van der Waals surface area contributed by atoms with Crippen molar-refractivity contribution in [3.05, 3.63) is 23.2 Å². The summed E-state index contributed by atoms with van der Waals surface area (Å²) >= 11 is 1.36. The molecule has 0 amide bonds. The number of rotatable bonds is 2. The van der Waals surface area contributed by atoms with Crippen LogP contribution < -0.4 is 4.74 Å². The van der Waals surface area contributed by atoms with Crippen LogP contribution in [0.5, 0.6) is 5.75 Å². The van der Waals surface area contributed by atoms with Gasteiger partial charge < -0.3 is 4.74 Å². The Kier molecular flexibility index (Phi) is 2.14. The van der Waals surface area contributed by atoms with Gasteiger partial charge in [-0.05, 0) is 12.1 Å². The highest BCUT2D eigenvalue weighted by Gasteiger charge is 2.07. The maximum absolute atomic E-state index is 12.3. The van der Waals surface area contributed by atoms with Gasteiger partial charge in [0.2, 0.25) is 0 Å². The summed E-state index contributed by atoms with van der Waals surface area (Å²) < 4.78 is 18.4. The SMILES string of the molecule is COc1cccc2sc(CF)nc12. The molecule has 0 saturated heterocycles. The van der Waals surface area contributed by atoms with E-state index >= 15 is 0 Å². The van der Waals surface area contributed by atoms with Crippen molar-refractivity contribution >= 4 is 21.6 Å². The number of alkyl halides is 1. The molecule has 2 aromatic rings. The Morgan fingerprint density at radius 2 is 2.38 bits per heavy atom. The van der Waals surface area contributed by atoms with E-state index in [-0.39, 0.29) is 0 Å². The first-order valence-corrected chi connectivity index (χ1v) is 4.65. The fraction of sp³-hybridized carbons (Fsp3) is 0.222. The van der Waals surface area contributed by atoms with Crippen LogP contribution in [-0.2, 0) is 6.67 Å². The smallest absolute Gasteiger partial charge is 0.145 e. The minimum atomic E-state index is -0.511. The zero-order chi connectivity index (χ0) is 9.26. The monoisotopic (exact) mass is 197 g/mol. The molecule has 0 atom stereocenters. The van der Waals surface area contributed by atoms with Crippen LogP contribution in [0.25, 0.3) is 10.2 Å². The lowest BCUT2D eigenvalue weighted by Gasteiger charge is -1.97. The number of halogens is 1. The van der Waals surface area contributed by atoms with Crippen LogP contribution in [0.15, 0.2) is 18.2 Å². The second kappa shape index (κ2) is 3.30. The van der Waals surface area contributed by atoms with Gasteiger partial charge in [-0.1, -0.05) is 6.07 Å². The molecule has 0 unspecified atom stereocenters. The highest BCUT2D eigenvalue weighted by atomic mass is 32.1. The predicted octanol–water partition coefficient (Wildman–Crippen LogP) is 2.77. The molecule has 0 N–H and O–H groups in total. The first-order valence-electron chi connectivity index (χ1n) is 3.83. The maximum Gasteiger partial charge on any atom is 0.145 e. The molecule has 1 aromatic carbocycles. The van der Waals surface area contributed by atoms with Gasteiger partial charge in [0.1, 0.15) is 22.9 Å². The van der Waals surface area contributed by atoms with Gasteiger partial charge in [-0.3, -0.25) is 0 Å². The van der Waals surface area contributed by atoms with Crippen LogP contribution >= 0.6 is 11.3 Å². The van der Waals surface area contributed by atoms with Crippen molar-refractivity contribution in [2.45, 2.75) is 6.67 Å². The van der Waals surface area contributed by atoms with Crippen LogP contribution in [0, 0.1) is 0 Å². The summed E-state index contributed by atoms with van der Waals surface area (Å²) in [4.78, 5) is 4.12. The van der Waals surface area contributed by atoms with Crippen molar-refractivity contribution in [2.24, 2.45) is 0 Å². The first-order chi connectivity index (χ1) is 6.35. The lowest BCUT2D eigenvalue weighted by molar-refractivity contribution is 0.418. The first kappa shape index (κ1) is 8.44. The third-order valence-electron chi connectivity index (χ3n) is 1.76. The average molecular weight is 197 g/mol. The molecule has 0 aliphatic heterocycles. The molecule has 68 valence electrons. The molecule has 1 aromatic heterocycles. The van der Waals surface area contributed by atoms with E-state index in [2.05, 4.69) is 4.98 Å². The summed E-state index contributed by atoms with van der Waals surface area (Å²) in [6, 6.07) is 5.61. The normalized spacial score (nSPS) is 10.6. The zero-order valence-corrected chi connectivity index (χ0v) is 7.90. The molecule has 1 heterocycles. The van der Waals surface area contributed by atoms with Crippen LogP contribution in [0.1, 0.15) is 5.01 Å². The molecule has 13 heavy (non-hydrogen) atoms. The Hall–Kier alpha value is -1.16. The molecular formula is C9H8FNOS. The topological polar surface area (TPSA) is 22.1 Å². The van der Waals surface area contributed by atoms with E-state index in [1.54, 1.807) is 7.11 Å². The maximum atomic E-state index is 12.3. The van der Waals surface area contributed by atoms with Gasteiger partial charge in [-0.15, -0.1) is 11.3 Å². The fourth-order valence-corrected chi connectivity index (χ4v) is 2.03. The van der Waals surface area contributed by atoms with E-state index in [0.29, 0.717) is 10.8 Å². The lowest BCUT2D eigenvalue weighted by atomic mass is 10.3. The number of methoxy groups -OCH3 is 1. The molecule has 0 bridgehead atoms. The standard InChI is InChI=1S/C9H8FNOS/c1-12-6-3-2-4-7-9(6)11-8(5-10)13-7/h2-4H,5H2,1H3. The number of thiazole rings is 1. The Labute approximate surface area is 79.0 Å². The largest absolute Gasteiger partial charge is 0.494 e. The van der Waals surface area contributed by atoms with Crippen molar-refractivity contribution in [3.63, 3.8) is 0 Å². The third kappa shape index (κ3) is 1.37. The van der Waals surface area contributed by atoms with E-state index in [4.69, 9.17) is 4.74 Å². The zero-order valence-electron chi connectivity index (χ0n) is 7.08. The Bertz CT molecular complexity index is 426. The molecule has 4 heteroatoms.